The first-order valence-corrected chi connectivity index (χ1v) is 7.40. The lowest BCUT2D eigenvalue weighted by molar-refractivity contribution is 0.0592. The van der Waals surface area contributed by atoms with Crippen LogP contribution in [0.2, 0.25) is 0 Å². The molecule has 0 aliphatic heterocycles. The minimum absolute atomic E-state index is 0.230. The second kappa shape index (κ2) is 6.13. The lowest BCUT2D eigenvalue weighted by Gasteiger charge is -2.33. The maximum Gasteiger partial charge on any atom is 0.358 e. The van der Waals surface area contributed by atoms with Crippen molar-refractivity contribution in [3.05, 3.63) is 53.2 Å². The van der Waals surface area contributed by atoms with E-state index in [2.05, 4.69) is 44.1 Å². The number of carbonyl (C=O) groups excluding carboxylic acids is 1. The zero-order valence-corrected chi connectivity index (χ0v) is 12.8. The van der Waals surface area contributed by atoms with E-state index < -0.39 is 5.97 Å². The summed E-state index contributed by atoms with van der Waals surface area (Å²) in [4.78, 5) is 13.5. The molecule has 0 N–H and O–H groups in total. The number of esters is 1. The van der Waals surface area contributed by atoms with Gasteiger partial charge in [0.2, 0.25) is 0 Å². The molecule has 0 saturated heterocycles. The number of likely N-dealkylation sites (N-methyl/N-ethyl adjacent to an activating group) is 1. The number of rotatable bonds is 3. The molecule has 0 saturated carbocycles. The molecule has 0 spiro atoms. The summed E-state index contributed by atoms with van der Waals surface area (Å²) in [6.45, 7) is 0. The lowest BCUT2D eigenvalue weighted by atomic mass is 9.88. The molecule has 1 atom stereocenters. The Labute approximate surface area is 129 Å². The Morgan fingerprint density at radius 2 is 1.95 bits per heavy atom. The Hall–Kier alpha value is -2.43. The van der Waals surface area contributed by atoms with E-state index in [4.69, 9.17) is 0 Å². The van der Waals surface area contributed by atoms with Crippen molar-refractivity contribution in [2.45, 2.75) is 25.3 Å². The van der Waals surface area contributed by atoms with E-state index in [1.165, 1.54) is 18.2 Å². The predicted molar refractivity (Wildman–Crippen MR) is 84.0 cm³/mol. The minimum atomic E-state index is -0.465. The van der Waals surface area contributed by atoms with Crippen LogP contribution in [0.15, 0.2) is 36.4 Å². The number of carbonyl (C=O) groups is 1. The molecule has 1 heterocycles. The van der Waals surface area contributed by atoms with Gasteiger partial charge < -0.3 is 9.64 Å². The minimum Gasteiger partial charge on any atom is -0.464 e. The number of benzene rings is 1. The highest BCUT2D eigenvalue weighted by molar-refractivity contribution is 5.86. The first kappa shape index (κ1) is 14.5. The van der Waals surface area contributed by atoms with Gasteiger partial charge >= 0.3 is 5.97 Å². The van der Waals surface area contributed by atoms with Crippen LogP contribution in [0.1, 0.15) is 28.0 Å². The fourth-order valence-corrected chi connectivity index (χ4v) is 2.92. The number of nitrogens with zero attached hydrogens (tertiary/aromatic N) is 3. The predicted octanol–water partition coefficient (Wildman–Crippen LogP) is 2.26. The first-order chi connectivity index (χ1) is 10.7. The van der Waals surface area contributed by atoms with Crippen LogP contribution in [0.4, 0.5) is 5.82 Å². The Morgan fingerprint density at radius 3 is 2.64 bits per heavy atom. The van der Waals surface area contributed by atoms with Gasteiger partial charge in [-0.3, -0.25) is 0 Å². The van der Waals surface area contributed by atoms with Crippen LogP contribution in [0, 0.1) is 0 Å². The van der Waals surface area contributed by atoms with E-state index in [1.54, 1.807) is 6.07 Å². The summed E-state index contributed by atoms with van der Waals surface area (Å²) >= 11 is 0. The number of methoxy groups -OCH3 is 1. The number of aromatic nitrogens is 2. The molecule has 5 heteroatoms. The summed E-state index contributed by atoms with van der Waals surface area (Å²) in [7, 11) is 3.37. The van der Waals surface area contributed by atoms with Crippen molar-refractivity contribution in [2.24, 2.45) is 0 Å². The third kappa shape index (κ3) is 2.79. The molecule has 1 unspecified atom stereocenters. The third-order valence-corrected chi connectivity index (χ3v) is 4.27. The average Bonchev–Trinajstić information content (AvgIpc) is 2.60. The maximum atomic E-state index is 11.4. The van der Waals surface area contributed by atoms with Crippen molar-refractivity contribution in [3.63, 3.8) is 0 Å². The van der Waals surface area contributed by atoms with E-state index >= 15 is 0 Å². The number of fused-ring (bicyclic) bond motifs is 1. The molecule has 0 bridgehead atoms. The van der Waals surface area contributed by atoms with Gasteiger partial charge in [-0.2, -0.15) is 0 Å². The van der Waals surface area contributed by atoms with Gasteiger partial charge in [-0.15, -0.1) is 10.2 Å². The van der Waals surface area contributed by atoms with Gasteiger partial charge in [-0.05, 0) is 42.5 Å². The lowest BCUT2D eigenvalue weighted by Crippen LogP contribution is -2.37. The number of hydrogen-bond acceptors (Lipinski definition) is 5. The Balaban J connectivity index is 1.74. The van der Waals surface area contributed by atoms with Crippen molar-refractivity contribution in [1.82, 2.24) is 10.2 Å². The highest BCUT2D eigenvalue weighted by Crippen LogP contribution is 2.25. The first-order valence-electron chi connectivity index (χ1n) is 7.40. The van der Waals surface area contributed by atoms with Gasteiger partial charge in [-0.25, -0.2) is 4.79 Å². The smallest absolute Gasteiger partial charge is 0.358 e. The zero-order valence-electron chi connectivity index (χ0n) is 12.8. The van der Waals surface area contributed by atoms with Crippen LogP contribution >= 0.6 is 0 Å². The van der Waals surface area contributed by atoms with Gasteiger partial charge in [0.25, 0.3) is 0 Å². The average molecular weight is 297 g/mol. The van der Waals surface area contributed by atoms with Crippen molar-refractivity contribution in [3.8, 4) is 0 Å². The molecular formula is C17H19N3O2. The quantitative estimate of drug-likeness (QED) is 0.813. The topological polar surface area (TPSA) is 55.3 Å². The normalized spacial score (nSPS) is 16.7. The van der Waals surface area contributed by atoms with Crippen molar-refractivity contribution in [2.75, 3.05) is 19.1 Å². The molecule has 0 radical (unpaired) electrons. The van der Waals surface area contributed by atoms with Crippen LogP contribution in [0.25, 0.3) is 0 Å². The fourth-order valence-electron chi connectivity index (χ4n) is 2.92. The zero-order chi connectivity index (χ0) is 15.5. The molecule has 1 aromatic heterocycles. The van der Waals surface area contributed by atoms with Crippen LogP contribution in [0.3, 0.4) is 0 Å². The van der Waals surface area contributed by atoms with Crippen molar-refractivity contribution < 1.29 is 9.53 Å². The van der Waals surface area contributed by atoms with E-state index in [0.29, 0.717) is 6.04 Å². The van der Waals surface area contributed by atoms with E-state index in [9.17, 15) is 4.79 Å². The van der Waals surface area contributed by atoms with Crippen LogP contribution in [0.5, 0.6) is 0 Å². The van der Waals surface area contributed by atoms with Crippen LogP contribution < -0.4 is 4.90 Å². The van der Waals surface area contributed by atoms with E-state index in [1.807, 2.05) is 13.1 Å². The molecule has 0 fully saturated rings. The molecule has 3 rings (SSSR count). The van der Waals surface area contributed by atoms with Crippen LogP contribution in [-0.2, 0) is 17.6 Å². The summed E-state index contributed by atoms with van der Waals surface area (Å²) in [5.41, 5.74) is 3.08. The summed E-state index contributed by atoms with van der Waals surface area (Å²) in [6.07, 6.45) is 3.18. The number of aryl methyl sites for hydroxylation is 1. The van der Waals surface area contributed by atoms with Gasteiger partial charge in [0, 0.05) is 13.1 Å². The number of hydrogen-bond donors (Lipinski definition) is 0. The molecule has 0 amide bonds. The highest BCUT2D eigenvalue weighted by Gasteiger charge is 2.23. The van der Waals surface area contributed by atoms with Crippen molar-refractivity contribution >= 4 is 11.8 Å². The summed E-state index contributed by atoms with van der Waals surface area (Å²) in [6, 6.07) is 12.5. The highest BCUT2D eigenvalue weighted by atomic mass is 16.5. The third-order valence-electron chi connectivity index (χ3n) is 4.27. The van der Waals surface area contributed by atoms with Gasteiger partial charge in [0.15, 0.2) is 11.5 Å². The monoisotopic (exact) mass is 297 g/mol. The standard InChI is InChI=1S/C17H19N3O2/c1-20(16-10-9-15(18-19-16)17(21)22-2)14-8-7-12-5-3-4-6-13(12)11-14/h3-6,9-10,14H,7-8,11H2,1-2H3. The largest absolute Gasteiger partial charge is 0.464 e. The summed E-state index contributed by atoms with van der Waals surface area (Å²) < 4.78 is 4.64. The molecule has 2 aromatic rings. The Morgan fingerprint density at radius 1 is 1.18 bits per heavy atom. The van der Waals surface area contributed by atoms with Gasteiger partial charge in [0.05, 0.1) is 7.11 Å². The Kier molecular flexibility index (Phi) is 4.04. The van der Waals surface area contributed by atoms with Gasteiger partial charge in [0.1, 0.15) is 0 Å². The van der Waals surface area contributed by atoms with Gasteiger partial charge in [-0.1, -0.05) is 24.3 Å². The molecule has 114 valence electrons. The SMILES string of the molecule is COC(=O)c1ccc(N(C)C2CCc3ccccc3C2)nn1. The molecule has 1 aliphatic rings. The number of ether oxygens (including phenoxy) is 1. The second-order valence-electron chi connectivity index (χ2n) is 5.54. The summed E-state index contributed by atoms with van der Waals surface area (Å²) in [5.74, 6) is 0.310. The number of anilines is 1. The molecule has 5 nitrogen and oxygen atoms in total. The summed E-state index contributed by atoms with van der Waals surface area (Å²) in [5, 5.41) is 8.10. The fraction of sp³-hybridized carbons (Fsp3) is 0.353. The molecule has 1 aliphatic carbocycles. The second-order valence-corrected chi connectivity index (χ2v) is 5.54. The molecule has 22 heavy (non-hydrogen) atoms. The maximum absolute atomic E-state index is 11.4. The van der Waals surface area contributed by atoms with E-state index in [0.717, 1.165) is 25.1 Å². The van der Waals surface area contributed by atoms with E-state index in [-0.39, 0.29) is 5.69 Å². The van der Waals surface area contributed by atoms with Crippen LogP contribution in [-0.4, -0.2) is 36.4 Å². The molecule has 1 aromatic carbocycles. The van der Waals surface area contributed by atoms with Crippen molar-refractivity contribution in [1.29, 1.82) is 0 Å². The Bertz CT molecular complexity index is 670. The molecular weight excluding hydrogens is 278 g/mol.